The van der Waals surface area contributed by atoms with Gasteiger partial charge in [0.1, 0.15) is 5.82 Å². The lowest BCUT2D eigenvalue weighted by Gasteiger charge is -2.07. The highest BCUT2D eigenvalue weighted by atomic mass is 79.9. The molecule has 0 saturated heterocycles. The van der Waals surface area contributed by atoms with E-state index in [0.717, 1.165) is 16.5 Å². The first-order valence-electron chi connectivity index (χ1n) is 6.03. The Morgan fingerprint density at radius 1 is 1.35 bits per heavy atom. The number of aromatic nitrogens is 3. The first-order valence-corrected chi connectivity index (χ1v) is 9.13. The maximum atomic E-state index is 11.5. The normalized spacial score (nSPS) is 11.8. The van der Waals surface area contributed by atoms with Gasteiger partial charge in [-0.3, -0.25) is 0 Å². The summed E-state index contributed by atoms with van der Waals surface area (Å²) in [5.41, 5.74) is 1.02. The van der Waals surface area contributed by atoms with Gasteiger partial charge in [0.2, 0.25) is 0 Å². The van der Waals surface area contributed by atoms with Gasteiger partial charge in [0, 0.05) is 28.1 Å². The molecule has 0 radical (unpaired) electrons. The van der Waals surface area contributed by atoms with Crippen molar-refractivity contribution in [2.45, 2.75) is 31.5 Å². The second kappa shape index (κ2) is 6.24. The van der Waals surface area contributed by atoms with E-state index >= 15 is 0 Å². The van der Waals surface area contributed by atoms with Gasteiger partial charge in [-0.2, -0.15) is 0 Å². The molecule has 0 spiro atoms. The highest BCUT2D eigenvalue weighted by Crippen LogP contribution is 2.18. The summed E-state index contributed by atoms with van der Waals surface area (Å²) in [6, 6.07) is 7.75. The van der Waals surface area contributed by atoms with Gasteiger partial charge in [0.15, 0.2) is 0 Å². The number of hydrogen-bond acceptors (Lipinski definition) is 4. The second-order valence-electron chi connectivity index (χ2n) is 4.29. The molecule has 0 N–H and O–H groups in total. The zero-order valence-electron chi connectivity index (χ0n) is 10.8. The average molecular weight is 379 g/mol. The van der Waals surface area contributed by atoms with Crippen molar-refractivity contribution in [3.05, 3.63) is 40.1 Å². The first-order chi connectivity index (χ1) is 9.41. The van der Waals surface area contributed by atoms with Crippen molar-refractivity contribution in [2.75, 3.05) is 0 Å². The molecule has 1 aromatic carbocycles. The maximum Gasteiger partial charge on any atom is 0.296 e. The van der Waals surface area contributed by atoms with Crippen molar-refractivity contribution in [3.8, 4) is 0 Å². The van der Waals surface area contributed by atoms with Crippen molar-refractivity contribution in [1.82, 2.24) is 14.8 Å². The Kier molecular flexibility index (Phi) is 4.82. The molecule has 0 unspecified atom stereocenters. The number of hydrogen-bond donors (Lipinski definition) is 0. The van der Waals surface area contributed by atoms with E-state index in [1.807, 2.05) is 31.2 Å². The lowest BCUT2D eigenvalue weighted by Crippen LogP contribution is -2.10. The van der Waals surface area contributed by atoms with E-state index in [4.69, 9.17) is 10.7 Å². The van der Waals surface area contributed by atoms with Gasteiger partial charge < -0.3 is 4.57 Å². The minimum atomic E-state index is -3.88. The van der Waals surface area contributed by atoms with Crippen molar-refractivity contribution in [3.63, 3.8) is 0 Å². The van der Waals surface area contributed by atoms with E-state index in [1.165, 1.54) is 0 Å². The number of benzene rings is 1. The standard InChI is InChI=1S/C12H13BrClN3O2S/c1-2-6-17-11(15-16-12(17)20(14,18)19)8-9-4-3-5-10(13)7-9/h3-5,7H,2,6,8H2,1H3. The fourth-order valence-electron chi connectivity index (χ4n) is 1.91. The topological polar surface area (TPSA) is 64.8 Å². The molecule has 1 aromatic heterocycles. The Morgan fingerprint density at radius 2 is 2.10 bits per heavy atom. The van der Waals surface area contributed by atoms with Gasteiger partial charge in [-0.25, -0.2) is 8.42 Å². The van der Waals surface area contributed by atoms with E-state index in [1.54, 1.807) is 4.57 Å². The van der Waals surface area contributed by atoms with Gasteiger partial charge in [-0.1, -0.05) is 35.0 Å². The van der Waals surface area contributed by atoms with Crippen LogP contribution < -0.4 is 0 Å². The lowest BCUT2D eigenvalue weighted by atomic mass is 10.1. The van der Waals surface area contributed by atoms with Crippen LogP contribution in [0.1, 0.15) is 24.7 Å². The lowest BCUT2D eigenvalue weighted by molar-refractivity contribution is 0.558. The Hall–Kier alpha value is -0.920. The summed E-state index contributed by atoms with van der Waals surface area (Å²) in [6.07, 6.45) is 1.27. The molecule has 0 bridgehead atoms. The first kappa shape index (κ1) is 15.5. The van der Waals surface area contributed by atoms with Crippen LogP contribution in [0.5, 0.6) is 0 Å². The Morgan fingerprint density at radius 3 is 2.70 bits per heavy atom. The monoisotopic (exact) mass is 377 g/mol. The predicted octanol–water partition coefficient (Wildman–Crippen LogP) is 2.97. The SMILES string of the molecule is CCCn1c(Cc2cccc(Br)c2)nnc1S(=O)(=O)Cl. The quantitative estimate of drug-likeness (QED) is 0.750. The molecule has 0 amide bonds. The highest BCUT2D eigenvalue weighted by Gasteiger charge is 2.22. The maximum absolute atomic E-state index is 11.5. The smallest absolute Gasteiger partial charge is 0.296 e. The van der Waals surface area contributed by atoms with Gasteiger partial charge in [0.05, 0.1) is 0 Å². The molecular weight excluding hydrogens is 366 g/mol. The second-order valence-corrected chi connectivity index (χ2v) is 7.67. The average Bonchev–Trinajstić information content (AvgIpc) is 2.73. The fraction of sp³-hybridized carbons (Fsp3) is 0.333. The van der Waals surface area contributed by atoms with Crippen LogP contribution in [0.25, 0.3) is 0 Å². The van der Waals surface area contributed by atoms with E-state index in [2.05, 4.69) is 26.1 Å². The van der Waals surface area contributed by atoms with E-state index < -0.39 is 9.05 Å². The number of rotatable bonds is 5. The predicted molar refractivity (Wildman–Crippen MR) is 80.3 cm³/mol. The molecule has 0 aliphatic heterocycles. The molecule has 108 valence electrons. The zero-order valence-corrected chi connectivity index (χ0v) is 13.9. The summed E-state index contributed by atoms with van der Waals surface area (Å²) in [5, 5.41) is 7.48. The Bertz CT molecular complexity index is 715. The van der Waals surface area contributed by atoms with Gasteiger partial charge in [-0.05, 0) is 24.1 Å². The molecule has 5 nitrogen and oxygen atoms in total. The summed E-state index contributed by atoms with van der Waals surface area (Å²) in [7, 11) is 1.50. The Labute approximate surface area is 130 Å². The number of nitrogens with zero attached hydrogens (tertiary/aromatic N) is 3. The van der Waals surface area contributed by atoms with Crippen LogP contribution in [-0.2, 0) is 22.0 Å². The van der Waals surface area contributed by atoms with Crippen LogP contribution in [-0.4, -0.2) is 23.2 Å². The molecule has 0 saturated carbocycles. The number of halogens is 2. The van der Waals surface area contributed by atoms with Crippen molar-refractivity contribution in [1.29, 1.82) is 0 Å². The van der Waals surface area contributed by atoms with Gasteiger partial charge in [0.25, 0.3) is 14.2 Å². The molecule has 8 heteroatoms. The fourth-order valence-corrected chi connectivity index (χ4v) is 3.30. The zero-order chi connectivity index (χ0) is 14.8. The summed E-state index contributed by atoms with van der Waals surface area (Å²) in [4.78, 5) is 0. The van der Waals surface area contributed by atoms with Crippen LogP contribution in [0.4, 0.5) is 0 Å². The van der Waals surface area contributed by atoms with Crippen LogP contribution in [0.2, 0.25) is 0 Å². The Balaban J connectivity index is 2.39. The third kappa shape index (κ3) is 3.59. The molecule has 2 rings (SSSR count). The molecule has 1 heterocycles. The molecule has 0 aliphatic carbocycles. The largest absolute Gasteiger partial charge is 0.301 e. The minimum absolute atomic E-state index is 0.189. The van der Waals surface area contributed by atoms with Crippen LogP contribution in [0, 0.1) is 0 Å². The third-order valence-electron chi connectivity index (χ3n) is 2.71. The van der Waals surface area contributed by atoms with Crippen molar-refractivity contribution < 1.29 is 8.42 Å². The molecular formula is C12H13BrClN3O2S. The summed E-state index contributed by atoms with van der Waals surface area (Å²) in [6.45, 7) is 2.46. The molecule has 0 aliphatic rings. The molecule has 20 heavy (non-hydrogen) atoms. The van der Waals surface area contributed by atoms with Crippen molar-refractivity contribution >= 4 is 35.7 Å². The molecule has 0 fully saturated rings. The van der Waals surface area contributed by atoms with Crippen LogP contribution >= 0.6 is 26.6 Å². The summed E-state index contributed by atoms with van der Waals surface area (Å²) >= 11 is 3.40. The summed E-state index contributed by atoms with van der Waals surface area (Å²) < 4.78 is 25.5. The van der Waals surface area contributed by atoms with E-state index in [9.17, 15) is 8.42 Å². The van der Waals surface area contributed by atoms with E-state index in [0.29, 0.717) is 18.8 Å². The summed E-state index contributed by atoms with van der Waals surface area (Å²) in [5.74, 6) is 0.587. The molecule has 0 atom stereocenters. The highest BCUT2D eigenvalue weighted by molar-refractivity contribution is 9.10. The van der Waals surface area contributed by atoms with Gasteiger partial charge >= 0.3 is 0 Å². The van der Waals surface area contributed by atoms with Crippen LogP contribution in [0.15, 0.2) is 33.9 Å². The van der Waals surface area contributed by atoms with E-state index in [-0.39, 0.29) is 5.16 Å². The van der Waals surface area contributed by atoms with Crippen molar-refractivity contribution in [2.24, 2.45) is 0 Å². The van der Waals surface area contributed by atoms with Crippen LogP contribution in [0.3, 0.4) is 0 Å². The minimum Gasteiger partial charge on any atom is -0.301 e. The third-order valence-corrected chi connectivity index (χ3v) is 4.36. The molecule has 2 aromatic rings. The van der Waals surface area contributed by atoms with Gasteiger partial charge in [-0.15, -0.1) is 10.2 Å².